The molecule has 5 rings (SSSR count). The number of hydrogen-bond acceptors (Lipinski definition) is 8. The van der Waals surface area contributed by atoms with Crippen LogP contribution in [0.3, 0.4) is 0 Å². The van der Waals surface area contributed by atoms with Gasteiger partial charge in [-0.05, 0) is 62.5 Å². The zero-order valence-electron chi connectivity index (χ0n) is 19.3. The lowest BCUT2D eigenvalue weighted by Crippen LogP contribution is -2.33. The van der Waals surface area contributed by atoms with E-state index in [1.165, 1.54) is 26.4 Å². The Bertz CT molecular complexity index is 1270. The minimum atomic E-state index is -3.44. The standard InChI is InChI=1S/C24H30N6O3S/c1-33-24-22(29-34(31,32)19-6-7-19)14-18(15-26-24)17-5-8-21-20(13-17)23(28-16-27-21)25-9-12-30-10-3-2-4-11-30/h5,8,13-16,19,29H,2-4,6-7,9-12H2,1H3,(H,25,27,28). The maximum absolute atomic E-state index is 12.5. The molecule has 180 valence electrons. The Morgan fingerprint density at radius 3 is 2.65 bits per heavy atom. The summed E-state index contributed by atoms with van der Waals surface area (Å²) in [5, 5.41) is 4.05. The number of pyridine rings is 1. The molecule has 34 heavy (non-hydrogen) atoms. The number of hydrogen-bond donors (Lipinski definition) is 2. The number of ether oxygens (including phenoxy) is 1. The van der Waals surface area contributed by atoms with Crippen LogP contribution in [0.25, 0.3) is 22.0 Å². The summed E-state index contributed by atoms with van der Waals surface area (Å²) in [6.07, 6.45) is 8.50. The molecule has 2 fully saturated rings. The van der Waals surface area contributed by atoms with Gasteiger partial charge in [-0.15, -0.1) is 0 Å². The normalized spacial score (nSPS) is 17.0. The molecule has 0 amide bonds. The minimum absolute atomic E-state index is 0.247. The second-order valence-corrected chi connectivity index (χ2v) is 10.9. The van der Waals surface area contributed by atoms with Gasteiger partial charge in [0.25, 0.3) is 0 Å². The van der Waals surface area contributed by atoms with E-state index in [-0.39, 0.29) is 11.1 Å². The number of likely N-dealkylation sites (tertiary alicyclic amines) is 1. The summed E-state index contributed by atoms with van der Waals surface area (Å²) in [4.78, 5) is 15.7. The molecule has 0 unspecified atom stereocenters. The molecule has 0 spiro atoms. The zero-order chi connectivity index (χ0) is 23.5. The van der Waals surface area contributed by atoms with Gasteiger partial charge < -0.3 is 15.0 Å². The number of rotatable bonds is 9. The van der Waals surface area contributed by atoms with Crippen LogP contribution in [0.4, 0.5) is 11.5 Å². The summed E-state index contributed by atoms with van der Waals surface area (Å²) in [6.45, 7) is 4.12. The van der Waals surface area contributed by atoms with Crippen LogP contribution in [0.2, 0.25) is 0 Å². The number of fused-ring (bicyclic) bond motifs is 1. The van der Waals surface area contributed by atoms with Crippen LogP contribution >= 0.6 is 0 Å². The average Bonchev–Trinajstić information content (AvgIpc) is 3.71. The highest BCUT2D eigenvalue weighted by Crippen LogP contribution is 2.35. The van der Waals surface area contributed by atoms with Gasteiger partial charge in [0.2, 0.25) is 15.9 Å². The Morgan fingerprint density at radius 2 is 1.88 bits per heavy atom. The molecule has 2 aliphatic rings. The first-order valence-electron chi connectivity index (χ1n) is 11.8. The molecule has 2 N–H and O–H groups in total. The third kappa shape index (κ3) is 5.07. The van der Waals surface area contributed by atoms with E-state index in [1.807, 2.05) is 18.2 Å². The van der Waals surface area contributed by atoms with Crippen molar-refractivity contribution in [2.45, 2.75) is 37.4 Å². The SMILES string of the molecule is COc1ncc(-c2ccc3ncnc(NCCN4CCCCC4)c3c2)cc1NS(=O)(=O)C1CC1. The van der Waals surface area contributed by atoms with E-state index < -0.39 is 10.0 Å². The highest BCUT2D eigenvalue weighted by molar-refractivity contribution is 7.93. The van der Waals surface area contributed by atoms with E-state index in [4.69, 9.17) is 4.74 Å². The molecule has 1 aliphatic carbocycles. The molecule has 3 aromatic rings. The number of methoxy groups -OCH3 is 1. The van der Waals surface area contributed by atoms with Crippen LogP contribution < -0.4 is 14.8 Å². The van der Waals surface area contributed by atoms with E-state index in [0.29, 0.717) is 18.5 Å². The van der Waals surface area contributed by atoms with Gasteiger partial charge >= 0.3 is 0 Å². The highest BCUT2D eigenvalue weighted by Gasteiger charge is 2.36. The lowest BCUT2D eigenvalue weighted by Gasteiger charge is -2.26. The maximum Gasteiger partial charge on any atom is 0.238 e. The van der Waals surface area contributed by atoms with Crippen molar-refractivity contribution in [3.05, 3.63) is 36.8 Å². The van der Waals surface area contributed by atoms with Crippen molar-refractivity contribution in [2.75, 3.05) is 43.3 Å². The molecule has 1 aromatic carbocycles. The first-order valence-corrected chi connectivity index (χ1v) is 13.4. The quantitative estimate of drug-likeness (QED) is 0.477. The van der Waals surface area contributed by atoms with E-state index in [0.717, 1.165) is 54.0 Å². The molecule has 10 heteroatoms. The van der Waals surface area contributed by atoms with E-state index in [1.54, 1.807) is 18.6 Å². The molecule has 2 aromatic heterocycles. The van der Waals surface area contributed by atoms with Gasteiger partial charge in [0.15, 0.2) is 0 Å². The van der Waals surface area contributed by atoms with Crippen molar-refractivity contribution >= 4 is 32.4 Å². The molecular formula is C24H30N6O3S. The number of aromatic nitrogens is 3. The molecule has 9 nitrogen and oxygen atoms in total. The van der Waals surface area contributed by atoms with Gasteiger partial charge in [0, 0.05) is 30.2 Å². The Kier molecular flexibility index (Phi) is 6.51. The summed E-state index contributed by atoms with van der Waals surface area (Å²) < 4.78 is 32.9. The van der Waals surface area contributed by atoms with Crippen LogP contribution in [-0.2, 0) is 10.0 Å². The minimum Gasteiger partial charge on any atom is -0.480 e. The van der Waals surface area contributed by atoms with Gasteiger partial charge in [-0.25, -0.2) is 23.4 Å². The average molecular weight is 483 g/mol. The largest absolute Gasteiger partial charge is 0.480 e. The van der Waals surface area contributed by atoms with Crippen molar-refractivity contribution < 1.29 is 13.2 Å². The van der Waals surface area contributed by atoms with Gasteiger partial charge in [0.05, 0.1) is 17.9 Å². The molecule has 1 saturated carbocycles. The van der Waals surface area contributed by atoms with Gasteiger partial charge in [-0.2, -0.15) is 0 Å². The number of sulfonamides is 1. The van der Waals surface area contributed by atoms with E-state index >= 15 is 0 Å². The molecular weight excluding hydrogens is 452 g/mol. The van der Waals surface area contributed by atoms with Crippen LogP contribution in [0.1, 0.15) is 32.1 Å². The topological polar surface area (TPSA) is 109 Å². The molecule has 1 aliphatic heterocycles. The zero-order valence-corrected chi connectivity index (χ0v) is 20.1. The number of nitrogens with one attached hydrogen (secondary N) is 2. The van der Waals surface area contributed by atoms with Crippen molar-refractivity contribution in [3.8, 4) is 17.0 Å². The Morgan fingerprint density at radius 1 is 1.06 bits per heavy atom. The Hall–Kier alpha value is -2.98. The van der Waals surface area contributed by atoms with Crippen LogP contribution in [0.5, 0.6) is 5.88 Å². The van der Waals surface area contributed by atoms with Crippen LogP contribution in [0, 0.1) is 0 Å². The van der Waals surface area contributed by atoms with Crippen molar-refractivity contribution in [3.63, 3.8) is 0 Å². The molecule has 0 radical (unpaired) electrons. The third-order valence-electron chi connectivity index (χ3n) is 6.40. The summed E-state index contributed by atoms with van der Waals surface area (Å²) >= 11 is 0. The van der Waals surface area contributed by atoms with Crippen molar-refractivity contribution in [2.24, 2.45) is 0 Å². The number of piperidine rings is 1. The fourth-order valence-electron chi connectivity index (χ4n) is 4.35. The third-order valence-corrected chi connectivity index (χ3v) is 8.25. The fraction of sp³-hybridized carbons (Fsp3) is 0.458. The first kappa shape index (κ1) is 22.8. The fourth-order valence-corrected chi connectivity index (χ4v) is 5.73. The summed E-state index contributed by atoms with van der Waals surface area (Å²) in [6, 6.07) is 7.68. The number of benzene rings is 1. The Labute approximate surface area is 200 Å². The van der Waals surface area contributed by atoms with E-state index in [2.05, 4.69) is 29.9 Å². The summed E-state index contributed by atoms with van der Waals surface area (Å²) in [5.74, 6) is 1.04. The van der Waals surface area contributed by atoms with E-state index in [9.17, 15) is 8.42 Å². The lowest BCUT2D eigenvalue weighted by molar-refractivity contribution is 0.237. The monoisotopic (exact) mass is 482 g/mol. The molecule has 1 saturated heterocycles. The highest BCUT2D eigenvalue weighted by atomic mass is 32.2. The second-order valence-electron chi connectivity index (χ2n) is 8.91. The number of anilines is 2. The van der Waals surface area contributed by atoms with Gasteiger partial charge in [0.1, 0.15) is 17.8 Å². The summed E-state index contributed by atoms with van der Waals surface area (Å²) in [5.41, 5.74) is 2.86. The predicted octanol–water partition coefficient (Wildman–Crippen LogP) is 3.50. The van der Waals surface area contributed by atoms with Crippen LogP contribution in [-0.4, -0.2) is 66.8 Å². The summed E-state index contributed by atoms with van der Waals surface area (Å²) in [7, 11) is -1.96. The number of nitrogens with zero attached hydrogens (tertiary/aromatic N) is 4. The maximum atomic E-state index is 12.5. The predicted molar refractivity (Wildman–Crippen MR) is 134 cm³/mol. The Balaban J connectivity index is 1.40. The van der Waals surface area contributed by atoms with Gasteiger partial charge in [-0.3, -0.25) is 4.72 Å². The first-order chi connectivity index (χ1) is 16.5. The second kappa shape index (κ2) is 9.71. The molecule has 0 bridgehead atoms. The van der Waals surface area contributed by atoms with Crippen molar-refractivity contribution in [1.82, 2.24) is 19.9 Å². The molecule has 0 atom stereocenters. The molecule has 3 heterocycles. The van der Waals surface area contributed by atoms with Crippen LogP contribution in [0.15, 0.2) is 36.8 Å². The lowest BCUT2D eigenvalue weighted by atomic mass is 10.0. The van der Waals surface area contributed by atoms with Gasteiger partial charge in [-0.1, -0.05) is 12.5 Å². The van der Waals surface area contributed by atoms with Crippen molar-refractivity contribution in [1.29, 1.82) is 0 Å². The smallest absolute Gasteiger partial charge is 0.238 e.